The predicted octanol–water partition coefficient (Wildman–Crippen LogP) is 4.09. The smallest absolute Gasteiger partial charge is 0.251 e. The van der Waals surface area contributed by atoms with Crippen LogP contribution in [0.2, 0.25) is 0 Å². The SMILES string of the molecule is CN[C@@H](C)C(=O)N[C@H](C(=O)N1Cc2ccccc2C1C(=O)Nc1cccc2sccc12)C(C)C.Cl. The fraction of sp³-hybridized carbons (Fsp3) is 0.346. The first-order valence-corrected chi connectivity index (χ1v) is 12.3. The van der Waals surface area contributed by atoms with Gasteiger partial charge in [0.1, 0.15) is 12.1 Å². The monoisotopic (exact) mass is 514 g/mol. The van der Waals surface area contributed by atoms with Gasteiger partial charge < -0.3 is 20.9 Å². The number of benzene rings is 2. The lowest BCUT2D eigenvalue weighted by Crippen LogP contribution is -2.55. The van der Waals surface area contributed by atoms with Crippen LogP contribution in [0.5, 0.6) is 0 Å². The fourth-order valence-electron chi connectivity index (χ4n) is 4.28. The number of hydrogen-bond acceptors (Lipinski definition) is 5. The highest BCUT2D eigenvalue weighted by Crippen LogP contribution is 2.36. The minimum atomic E-state index is -0.780. The first kappa shape index (κ1) is 26.7. The highest BCUT2D eigenvalue weighted by molar-refractivity contribution is 7.17. The van der Waals surface area contributed by atoms with Crippen LogP contribution in [0.3, 0.4) is 0 Å². The van der Waals surface area contributed by atoms with E-state index < -0.39 is 18.1 Å². The molecule has 0 radical (unpaired) electrons. The summed E-state index contributed by atoms with van der Waals surface area (Å²) in [5.41, 5.74) is 2.46. The molecule has 1 unspecified atom stereocenters. The highest BCUT2D eigenvalue weighted by Gasteiger charge is 2.42. The summed E-state index contributed by atoms with van der Waals surface area (Å²) in [6.45, 7) is 5.84. The standard InChI is InChI=1S/C26H30N4O3S.ClH/c1-15(2)22(29-24(31)16(3)27-4)26(33)30-14-17-8-5-6-9-18(17)23(30)25(32)28-20-10-7-11-21-19(20)12-13-34-21;/h5-13,15-16,22-23,27H,14H2,1-4H3,(H,28,32)(H,29,31);1H/t16-,22-,23?;/m0./s1. The molecule has 0 spiro atoms. The van der Waals surface area contributed by atoms with E-state index >= 15 is 0 Å². The Hall–Kier alpha value is -2.94. The highest BCUT2D eigenvalue weighted by atomic mass is 35.5. The zero-order chi connectivity index (χ0) is 24.4. The van der Waals surface area contributed by atoms with Crippen molar-refractivity contribution in [2.75, 3.05) is 12.4 Å². The Morgan fingerprint density at radius 2 is 1.77 bits per heavy atom. The Balaban J connectivity index is 0.00000342. The minimum Gasteiger partial charge on any atom is -0.343 e. The molecule has 0 bridgehead atoms. The molecule has 7 nitrogen and oxygen atoms in total. The number of thiophene rings is 1. The Kier molecular flexibility index (Phi) is 8.53. The first-order valence-electron chi connectivity index (χ1n) is 11.4. The molecule has 0 fully saturated rings. The number of nitrogens with one attached hydrogen (secondary N) is 3. The predicted molar refractivity (Wildman–Crippen MR) is 143 cm³/mol. The van der Waals surface area contributed by atoms with E-state index in [1.54, 1.807) is 30.2 Å². The van der Waals surface area contributed by atoms with Gasteiger partial charge in [-0.3, -0.25) is 14.4 Å². The van der Waals surface area contributed by atoms with Gasteiger partial charge >= 0.3 is 0 Å². The maximum Gasteiger partial charge on any atom is 0.251 e. The van der Waals surface area contributed by atoms with Crippen molar-refractivity contribution in [3.8, 4) is 0 Å². The summed E-state index contributed by atoms with van der Waals surface area (Å²) in [6, 6.07) is 13.4. The second kappa shape index (κ2) is 11.2. The van der Waals surface area contributed by atoms with Gasteiger partial charge in [0.05, 0.1) is 6.04 Å². The van der Waals surface area contributed by atoms with Crippen molar-refractivity contribution in [2.24, 2.45) is 5.92 Å². The van der Waals surface area contributed by atoms with Crippen LogP contribution in [0.1, 0.15) is 37.9 Å². The molecule has 1 aliphatic rings. The molecule has 35 heavy (non-hydrogen) atoms. The second-order valence-electron chi connectivity index (χ2n) is 8.94. The number of amides is 3. The summed E-state index contributed by atoms with van der Waals surface area (Å²) in [6.07, 6.45) is 0. The van der Waals surface area contributed by atoms with Crippen LogP contribution in [0.25, 0.3) is 10.1 Å². The van der Waals surface area contributed by atoms with Crippen molar-refractivity contribution in [2.45, 2.75) is 45.4 Å². The maximum atomic E-state index is 13.8. The van der Waals surface area contributed by atoms with Gasteiger partial charge in [-0.05, 0) is 54.6 Å². The van der Waals surface area contributed by atoms with Crippen LogP contribution in [-0.2, 0) is 20.9 Å². The van der Waals surface area contributed by atoms with E-state index in [-0.39, 0.29) is 36.0 Å². The van der Waals surface area contributed by atoms with Crippen LogP contribution < -0.4 is 16.0 Å². The van der Waals surface area contributed by atoms with Crippen molar-refractivity contribution < 1.29 is 14.4 Å². The van der Waals surface area contributed by atoms with Crippen LogP contribution in [-0.4, -0.2) is 41.8 Å². The van der Waals surface area contributed by atoms with Crippen molar-refractivity contribution >= 4 is 57.2 Å². The molecular formula is C26H31ClN4O3S. The van der Waals surface area contributed by atoms with E-state index in [0.29, 0.717) is 6.54 Å². The average molecular weight is 515 g/mol. The minimum absolute atomic E-state index is 0. The number of hydrogen-bond donors (Lipinski definition) is 3. The summed E-state index contributed by atoms with van der Waals surface area (Å²) < 4.78 is 1.08. The van der Waals surface area contributed by atoms with E-state index in [2.05, 4.69) is 16.0 Å². The van der Waals surface area contributed by atoms with Crippen molar-refractivity contribution in [1.82, 2.24) is 15.5 Å². The normalized spacial score (nSPS) is 16.4. The van der Waals surface area contributed by atoms with Gasteiger partial charge in [-0.1, -0.05) is 44.2 Å². The van der Waals surface area contributed by atoms with Gasteiger partial charge in [0.25, 0.3) is 5.91 Å². The molecule has 3 N–H and O–H groups in total. The summed E-state index contributed by atoms with van der Waals surface area (Å²) in [5.74, 6) is -0.935. The Bertz CT molecular complexity index is 1230. The molecule has 2 heterocycles. The molecule has 1 aliphatic heterocycles. The van der Waals surface area contributed by atoms with Crippen molar-refractivity contribution in [3.05, 3.63) is 65.0 Å². The number of rotatable bonds is 7. The quantitative estimate of drug-likeness (QED) is 0.443. The van der Waals surface area contributed by atoms with Gasteiger partial charge in [0, 0.05) is 22.3 Å². The molecule has 0 aliphatic carbocycles. The zero-order valence-corrected chi connectivity index (χ0v) is 21.8. The molecule has 3 amide bonds. The number of carbonyl (C=O) groups excluding carboxylic acids is 3. The number of nitrogens with zero attached hydrogens (tertiary/aromatic N) is 1. The second-order valence-corrected chi connectivity index (χ2v) is 9.88. The van der Waals surface area contributed by atoms with Gasteiger partial charge in [0.15, 0.2) is 0 Å². The van der Waals surface area contributed by atoms with Crippen molar-refractivity contribution in [3.63, 3.8) is 0 Å². The Labute approximate surface area is 215 Å². The van der Waals surface area contributed by atoms with E-state index in [0.717, 1.165) is 26.9 Å². The van der Waals surface area contributed by atoms with Gasteiger partial charge in [0.2, 0.25) is 11.8 Å². The first-order chi connectivity index (χ1) is 16.3. The van der Waals surface area contributed by atoms with E-state index in [4.69, 9.17) is 0 Å². The van der Waals surface area contributed by atoms with Gasteiger partial charge in [-0.2, -0.15) is 0 Å². The lowest BCUT2D eigenvalue weighted by molar-refractivity contribution is -0.143. The van der Waals surface area contributed by atoms with Crippen molar-refractivity contribution in [1.29, 1.82) is 0 Å². The summed E-state index contributed by atoms with van der Waals surface area (Å²) in [4.78, 5) is 41.5. The molecule has 0 saturated heterocycles. The molecule has 0 saturated carbocycles. The largest absolute Gasteiger partial charge is 0.343 e. The molecule has 9 heteroatoms. The van der Waals surface area contributed by atoms with Crippen LogP contribution in [0.4, 0.5) is 5.69 Å². The van der Waals surface area contributed by atoms with Gasteiger partial charge in [-0.25, -0.2) is 0 Å². The van der Waals surface area contributed by atoms with Crippen LogP contribution in [0.15, 0.2) is 53.9 Å². The summed E-state index contributed by atoms with van der Waals surface area (Å²) in [7, 11) is 1.70. The Morgan fingerprint density at radius 3 is 2.49 bits per heavy atom. The number of anilines is 1. The summed E-state index contributed by atoms with van der Waals surface area (Å²) in [5, 5.41) is 11.8. The zero-order valence-electron chi connectivity index (χ0n) is 20.2. The van der Waals surface area contributed by atoms with Crippen LogP contribution >= 0.6 is 23.7 Å². The van der Waals surface area contributed by atoms with Crippen LogP contribution in [0, 0.1) is 5.92 Å². The third-order valence-electron chi connectivity index (χ3n) is 6.34. The average Bonchev–Trinajstić information content (AvgIpc) is 3.46. The van der Waals surface area contributed by atoms with E-state index in [1.165, 1.54) is 0 Å². The van der Waals surface area contributed by atoms with E-state index in [9.17, 15) is 14.4 Å². The molecule has 2 aromatic carbocycles. The third kappa shape index (κ3) is 5.34. The van der Waals surface area contributed by atoms with E-state index in [1.807, 2.05) is 67.8 Å². The lowest BCUT2D eigenvalue weighted by Gasteiger charge is -2.31. The Morgan fingerprint density at radius 1 is 1.03 bits per heavy atom. The molecule has 186 valence electrons. The molecule has 4 rings (SSSR count). The molecule has 1 aromatic heterocycles. The third-order valence-corrected chi connectivity index (χ3v) is 7.23. The number of halogens is 1. The lowest BCUT2D eigenvalue weighted by atomic mass is 10.0. The number of fused-ring (bicyclic) bond motifs is 2. The number of carbonyl (C=O) groups is 3. The summed E-state index contributed by atoms with van der Waals surface area (Å²) >= 11 is 1.61. The number of likely N-dealkylation sites (N-methyl/N-ethyl adjacent to an activating group) is 1. The molecule has 3 atom stereocenters. The topological polar surface area (TPSA) is 90.5 Å². The molecule has 3 aromatic rings. The fourth-order valence-corrected chi connectivity index (χ4v) is 5.09. The molecular weight excluding hydrogens is 484 g/mol. The maximum absolute atomic E-state index is 13.8. The van der Waals surface area contributed by atoms with Gasteiger partial charge in [-0.15, -0.1) is 23.7 Å².